The second kappa shape index (κ2) is 3.87. The molecule has 1 N–H and O–H groups in total. The molecule has 76 valence electrons. The molecule has 2 rings (SSSR count). The minimum absolute atomic E-state index is 0.415. The molecule has 1 aromatic heterocycles. The molecule has 0 bridgehead atoms. The summed E-state index contributed by atoms with van der Waals surface area (Å²) in [6.45, 7) is 1.94. The standard InChI is InChI=1S/C12H10O2S/c1-8-7-15-11(12(13)14)10(8)9-5-3-2-4-6-9/h2-7H,1H3,(H,13,14). The van der Waals surface area contributed by atoms with E-state index in [9.17, 15) is 4.79 Å². The first kappa shape index (κ1) is 9.93. The highest BCUT2D eigenvalue weighted by molar-refractivity contribution is 7.12. The maximum atomic E-state index is 11.0. The molecule has 0 aliphatic heterocycles. The minimum atomic E-state index is -0.855. The number of aryl methyl sites for hydroxylation is 1. The molecule has 0 aliphatic rings. The molecule has 0 saturated heterocycles. The van der Waals surface area contributed by atoms with Crippen LogP contribution in [0.5, 0.6) is 0 Å². The quantitative estimate of drug-likeness (QED) is 0.838. The molecule has 0 radical (unpaired) electrons. The van der Waals surface area contributed by atoms with Gasteiger partial charge in [-0.3, -0.25) is 0 Å². The van der Waals surface area contributed by atoms with Crippen LogP contribution >= 0.6 is 11.3 Å². The Morgan fingerprint density at radius 1 is 1.27 bits per heavy atom. The molecular weight excluding hydrogens is 208 g/mol. The predicted octanol–water partition coefficient (Wildman–Crippen LogP) is 3.42. The van der Waals surface area contributed by atoms with Crippen molar-refractivity contribution >= 4 is 17.3 Å². The fraction of sp³-hybridized carbons (Fsp3) is 0.0833. The second-order valence-electron chi connectivity index (χ2n) is 3.29. The fourth-order valence-corrected chi connectivity index (χ4v) is 2.48. The van der Waals surface area contributed by atoms with E-state index in [1.807, 2.05) is 42.6 Å². The monoisotopic (exact) mass is 218 g/mol. The van der Waals surface area contributed by atoms with Gasteiger partial charge < -0.3 is 5.11 Å². The largest absolute Gasteiger partial charge is 0.477 e. The van der Waals surface area contributed by atoms with Crippen LogP contribution in [0.2, 0.25) is 0 Å². The van der Waals surface area contributed by atoms with E-state index < -0.39 is 5.97 Å². The summed E-state index contributed by atoms with van der Waals surface area (Å²) in [4.78, 5) is 11.4. The Labute approximate surface area is 91.8 Å². The number of thiophene rings is 1. The molecule has 2 aromatic rings. The third-order valence-corrected chi connectivity index (χ3v) is 3.32. The molecule has 1 heterocycles. The number of carboxylic acid groups (broad SMARTS) is 1. The first-order valence-corrected chi connectivity index (χ1v) is 5.45. The summed E-state index contributed by atoms with van der Waals surface area (Å²) in [7, 11) is 0. The second-order valence-corrected chi connectivity index (χ2v) is 4.17. The number of hydrogen-bond acceptors (Lipinski definition) is 2. The zero-order valence-electron chi connectivity index (χ0n) is 8.23. The lowest BCUT2D eigenvalue weighted by atomic mass is 10.0. The van der Waals surface area contributed by atoms with Gasteiger partial charge >= 0.3 is 5.97 Å². The van der Waals surface area contributed by atoms with Crippen molar-refractivity contribution < 1.29 is 9.90 Å². The molecule has 0 unspecified atom stereocenters. The van der Waals surface area contributed by atoms with Crippen molar-refractivity contribution in [3.63, 3.8) is 0 Å². The molecule has 2 nitrogen and oxygen atoms in total. The number of benzene rings is 1. The molecular formula is C12H10O2S. The molecule has 1 aromatic carbocycles. The van der Waals surface area contributed by atoms with Crippen molar-refractivity contribution in [3.05, 3.63) is 46.2 Å². The average Bonchev–Trinajstić information content (AvgIpc) is 2.61. The van der Waals surface area contributed by atoms with Gasteiger partial charge in [0.1, 0.15) is 4.88 Å². The van der Waals surface area contributed by atoms with Gasteiger partial charge in [0.05, 0.1) is 0 Å². The molecule has 0 amide bonds. The van der Waals surface area contributed by atoms with Crippen molar-refractivity contribution in [1.82, 2.24) is 0 Å². The van der Waals surface area contributed by atoms with Crippen molar-refractivity contribution in [2.75, 3.05) is 0 Å². The fourth-order valence-electron chi connectivity index (χ4n) is 1.57. The van der Waals surface area contributed by atoms with Crippen molar-refractivity contribution in [1.29, 1.82) is 0 Å². The van der Waals surface area contributed by atoms with E-state index in [0.717, 1.165) is 16.7 Å². The summed E-state index contributed by atoms with van der Waals surface area (Å²) in [5, 5.41) is 10.9. The van der Waals surface area contributed by atoms with Gasteiger partial charge in [-0.1, -0.05) is 30.3 Å². The summed E-state index contributed by atoms with van der Waals surface area (Å²) < 4.78 is 0. The molecule has 0 saturated carbocycles. The molecule has 0 fully saturated rings. The average molecular weight is 218 g/mol. The Bertz CT molecular complexity index is 486. The van der Waals surface area contributed by atoms with Crippen molar-refractivity contribution in [2.45, 2.75) is 6.92 Å². The van der Waals surface area contributed by atoms with Crippen LogP contribution in [0.25, 0.3) is 11.1 Å². The van der Waals surface area contributed by atoms with Gasteiger partial charge in [-0.2, -0.15) is 0 Å². The first-order chi connectivity index (χ1) is 7.20. The summed E-state index contributed by atoms with van der Waals surface area (Å²) in [5.41, 5.74) is 2.82. The van der Waals surface area contributed by atoms with Crippen LogP contribution in [0.3, 0.4) is 0 Å². The van der Waals surface area contributed by atoms with Gasteiger partial charge in [-0.05, 0) is 23.4 Å². The van der Waals surface area contributed by atoms with Gasteiger partial charge in [0, 0.05) is 5.56 Å². The Kier molecular flexibility index (Phi) is 2.56. The number of carboxylic acids is 1. The van der Waals surface area contributed by atoms with E-state index in [1.165, 1.54) is 11.3 Å². The Balaban J connectivity index is 2.62. The van der Waals surface area contributed by atoms with Crippen LogP contribution in [0.4, 0.5) is 0 Å². The van der Waals surface area contributed by atoms with E-state index in [-0.39, 0.29) is 0 Å². The van der Waals surface area contributed by atoms with Crippen LogP contribution < -0.4 is 0 Å². The van der Waals surface area contributed by atoms with Crippen LogP contribution in [0.1, 0.15) is 15.2 Å². The first-order valence-electron chi connectivity index (χ1n) is 4.57. The van der Waals surface area contributed by atoms with Gasteiger partial charge in [0.15, 0.2) is 0 Å². The van der Waals surface area contributed by atoms with E-state index >= 15 is 0 Å². The number of hydrogen-bond donors (Lipinski definition) is 1. The molecule has 0 atom stereocenters. The normalized spacial score (nSPS) is 10.2. The van der Waals surface area contributed by atoms with E-state index in [0.29, 0.717) is 4.88 Å². The SMILES string of the molecule is Cc1csc(C(=O)O)c1-c1ccccc1. The molecule has 3 heteroatoms. The van der Waals surface area contributed by atoms with Crippen LogP contribution in [-0.2, 0) is 0 Å². The maximum absolute atomic E-state index is 11.0. The Hall–Kier alpha value is -1.61. The summed E-state index contributed by atoms with van der Waals surface area (Å²) >= 11 is 1.28. The Morgan fingerprint density at radius 3 is 2.53 bits per heavy atom. The highest BCUT2D eigenvalue weighted by Gasteiger charge is 2.15. The highest BCUT2D eigenvalue weighted by Crippen LogP contribution is 2.32. The predicted molar refractivity (Wildman–Crippen MR) is 61.5 cm³/mol. The lowest BCUT2D eigenvalue weighted by molar-refractivity contribution is 0.0703. The minimum Gasteiger partial charge on any atom is -0.477 e. The lowest BCUT2D eigenvalue weighted by Gasteiger charge is -2.02. The molecule has 0 spiro atoms. The maximum Gasteiger partial charge on any atom is 0.346 e. The third-order valence-electron chi connectivity index (χ3n) is 2.23. The van der Waals surface area contributed by atoms with Gasteiger partial charge in [0.25, 0.3) is 0 Å². The van der Waals surface area contributed by atoms with Crippen molar-refractivity contribution in [3.8, 4) is 11.1 Å². The van der Waals surface area contributed by atoms with E-state index in [2.05, 4.69) is 0 Å². The Morgan fingerprint density at radius 2 is 1.93 bits per heavy atom. The topological polar surface area (TPSA) is 37.3 Å². The molecule has 0 aliphatic carbocycles. The van der Waals surface area contributed by atoms with E-state index in [1.54, 1.807) is 0 Å². The smallest absolute Gasteiger partial charge is 0.346 e. The third kappa shape index (κ3) is 1.78. The van der Waals surface area contributed by atoms with Gasteiger partial charge in [-0.15, -0.1) is 11.3 Å². The number of carbonyl (C=O) groups is 1. The zero-order valence-corrected chi connectivity index (χ0v) is 9.04. The molecule has 15 heavy (non-hydrogen) atoms. The summed E-state index contributed by atoms with van der Waals surface area (Å²) in [5.74, 6) is -0.855. The van der Waals surface area contributed by atoms with Crippen molar-refractivity contribution in [2.24, 2.45) is 0 Å². The number of aromatic carboxylic acids is 1. The van der Waals surface area contributed by atoms with Gasteiger partial charge in [-0.25, -0.2) is 4.79 Å². The van der Waals surface area contributed by atoms with Gasteiger partial charge in [0.2, 0.25) is 0 Å². The van der Waals surface area contributed by atoms with Crippen LogP contribution in [0, 0.1) is 6.92 Å². The van der Waals surface area contributed by atoms with E-state index in [4.69, 9.17) is 5.11 Å². The van der Waals surface area contributed by atoms with Crippen LogP contribution in [-0.4, -0.2) is 11.1 Å². The zero-order chi connectivity index (χ0) is 10.8. The summed E-state index contributed by atoms with van der Waals surface area (Å²) in [6.07, 6.45) is 0. The highest BCUT2D eigenvalue weighted by atomic mass is 32.1. The summed E-state index contributed by atoms with van der Waals surface area (Å²) in [6, 6.07) is 9.62. The lowest BCUT2D eigenvalue weighted by Crippen LogP contribution is -1.95. The van der Waals surface area contributed by atoms with Crippen LogP contribution in [0.15, 0.2) is 35.7 Å². The number of rotatable bonds is 2.